The van der Waals surface area contributed by atoms with E-state index >= 15 is 0 Å². The minimum absolute atomic E-state index is 0.146. The van der Waals surface area contributed by atoms with Crippen LogP contribution in [0.15, 0.2) is 90.0 Å². The molecule has 0 saturated carbocycles. The normalized spacial score (nSPS) is 10.5. The highest BCUT2D eigenvalue weighted by Gasteiger charge is 2.02. The SMILES string of the molecule is O=C(CNc1ccccc1)N/N=C\c1ccccc1OCc1ccccc1. The zero-order chi connectivity index (χ0) is 18.7. The van der Waals surface area contributed by atoms with Crippen LogP contribution in [0.3, 0.4) is 0 Å². The Bertz CT molecular complexity index is 880. The maximum Gasteiger partial charge on any atom is 0.259 e. The first-order chi connectivity index (χ1) is 13.3. The molecule has 2 N–H and O–H groups in total. The van der Waals surface area contributed by atoms with Gasteiger partial charge in [0.05, 0.1) is 12.8 Å². The largest absolute Gasteiger partial charge is 0.488 e. The zero-order valence-corrected chi connectivity index (χ0v) is 14.8. The Morgan fingerprint density at radius 3 is 2.33 bits per heavy atom. The number of rotatable bonds is 8. The van der Waals surface area contributed by atoms with E-state index in [1.54, 1.807) is 6.21 Å². The quantitative estimate of drug-likeness (QED) is 0.475. The van der Waals surface area contributed by atoms with Crippen molar-refractivity contribution in [2.45, 2.75) is 6.61 Å². The molecule has 1 amide bonds. The van der Waals surface area contributed by atoms with Gasteiger partial charge in [0.15, 0.2) is 0 Å². The zero-order valence-electron chi connectivity index (χ0n) is 14.8. The van der Waals surface area contributed by atoms with E-state index in [-0.39, 0.29) is 12.5 Å². The summed E-state index contributed by atoms with van der Waals surface area (Å²) in [7, 11) is 0. The van der Waals surface area contributed by atoms with Gasteiger partial charge in [-0.1, -0.05) is 60.7 Å². The molecule has 0 bridgehead atoms. The van der Waals surface area contributed by atoms with Gasteiger partial charge in [0, 0.05) is 11.3 Å². The lowest BCUT2D eigenvalue weighted by Gasteiger charge is -2.09. The average Bonchev–Trinajstić information content (AvgIpc) is 2.73. The lowest BCUT2D eigenvalue weighted by atomic mass is 10.2. The van der Waals surface area contributed by atoms with Crippen molar-refractivity contribution in [3.8, 4) is 5.75 Å². The summed E-state index contributed by atoms with van der Waals surface area (Å²) in [6.07, 6.45) is 1.58. The van der Waals surface area contributed by atoms with Crippen LogP contribution >= 0.6 is 0 Å². The van der Waals surface area contributed by atoms with Crippen molar-refractivity contribution in [1.82, 2.24) is 5.43 Å². The van der Waals surface area contributed by atoms with E-state index in [1.807, 2.05) is 84.9 Å². The number of nitrogens with zero attached hydrogens (tertiary/aromatic N) is 1. The number of ether oxygens (including phenoxy) is 1. The number of benzene rings is 3. The highest BCUT2D eigenvalue weighted by atomic mass is 16.5. The van der Waals surface area contributed by atoms with Crippen molar-refractivity contribution >= 4 is 17.8 Å². The summed E-state index contributed by atoms with van der Waals surface area (Å²) < 4.78 is 5.87. The second kappa shape index (κ2) is 9.77. The molecule has 0 atom stereocenters. The van der Waals surface area contributed by atoms with E-state index in [2.05, 4.69) is 15.8 Å². The lowest BCUT2D eigenvalue weighted by molar-refractivity contribution is -0.119. The van der Waals surface area contributed by atoms with Crippen molar-refractivity contribution in [1.29, 1.82) is 0 Å². The molecule has 0 aliphatic rings. The third-order valence-corrected chi connectivity index (χ3v) is 3.78. The summed E-state index contributed by atoms with van der Waals surface area (Å²) in [6, 6.07) is 27.1. The minimum Gasteiger partial charge on any atom is -0.488 e. The molecule has 0 heterocycles. The van der Waals surface area contributed by atoms with Crippen molar-refractivity contribution in [3.63, 3.8) is 0 Å². The fraction of sp³-hybridized carbons (Fsp3) is 0.0909. The molecule has 27 heavy (non-hydrogen) atoms. The summed E-state index contributed by atoms with van der Waals surface area (Å²) in [4.78, 5) is 11.9. The monoisotopic (exact) mass is 359 g/mol. The summed E-state index contributed by atoms with van der Waals surface area (Å²) in [5, 5.41) is 7.06. The minimum atomic E-state index is -0.224. The number of anilines is 1. The Balaban J connectivity index is 1.51. The molecule has 0 fully saturated rings. The molecular formula is C22H21N3O2. The molecule has 0 unspecified atom stereocenters. The Labute approximate surface area is 158 Å². The van der Waals surface area contributed by atoms with Gasteiger partial charge in [-0.3, -0.25) is 4.79 Å². The van der Waals surface area contributed by atoms with Gasteiger partial charge in [0.2, 0.25) is 0 Å². The molecule has 3 rings (SSSR count). The fourth-order valence-electron chi connectivity index (χ4n) is 2.41. The third kappa shape index (κ3) is 6.01. The van der Waals surface area contributed by atoms with E-state index in [9.17, 15) is 4.79 Å². The number of hydrogen-bond acceptors (Lipinski definition) is 4. The van der Waals surface area contributed by atoms with E-state index in [1.165, 1.54) is 0 Å². The smallest absolute Gasteiger partial charge is 0.259 e. The number of nitrogens with one attached hydrogen (secondary N) is 2. The Hall–Kier alpha value is -3.60. The van der Waals surface area contributed by atoms with Crippen molar-refractivity contribution in [2.75, 3.05) is 11.9 Å². The fourth-order valence-corrected chi connectivity index (χ4v) is 2.41. The first-order valence-corrected chi connectivity index (χ1v) is 8.68. The molecule has 136 valence electrons. The number of hydrazone groups is 1. The number of hydrogen-bond donors (Lipinski definition) is 2. The standard InChI is InChI=1S/C22H21N3O2/c26-22(16-23-20-12-5-2-6-13-20)25-24-15-19-11-7-8-14-21(19)27-17-18-9-3-1-4-10-18/h1-15,23H,16-17H2,(H,25,26)/b24-15-. The Kier molecular flexibility index (Phi) is 6.59. The van der Waals surface area contributed by atoms with Crippen molar-refractivity contribution in [2.24, 2.45) is 5.10 Å². The van der Waals surface area contributed by atoms with Crippen LogP contribution in [0.5, 0.6) is 5.75 Å². The second-order valence-corrected chi connectivity index (χ2v) is 5.82. The Morgan fingerprint density at radius 2 is 1.56 bits per heavy atom. The van der Waals surface area contributed by atoms with Crippen LogP contribution in [-0.4, -0.2) is 18.7 Å². The second-order valence-electron chi connectivity index (χ2n) is 5.82. The molecule has 0 aliphatic carbocycles. The topological polar surface area (TPSA) is 62.7 Å². The summed E-state index contributed by atoms with van der Waals surface area (Å²) >= 11 is 0. The van der Waals surface area contributed by atoms with E-state index < -0.39 is 0 Å². The number of carbonyl (C=O) groups excluding carboxylic acids is 1. The Morgan fingerprint density at radius 1 is 0.889 bits per heavy atom. The van der Waals surface area contributed by atoms with Gasteiger partial charge >= 0.3 is 0 Å². The highest BCUT2D eigenvalue weighted by Crippen LogP contribution is 2.17. The molecular weight excluding hydrogens is 338 g/mol. The van der Waals surface area contributed by atoms with Crippen LogP contribution in [0.2, 0.25) is 0 Å². The van der Waals surface area contributed by atoms with Crippen LogP contribution < -0.4 is 15.5 Å². The van der Waals surface area contributed by atoms with Gasteiger partial charge in [-0.05, 0) is 29.8 Å². The van der Waals surface area contributed by atoms with E-state index in [4.69, 9.17) is 4.74 Å². The first kappa shape index (κ1) is 18.2. The molecule has 5 heteroatoms. The molecule has 0 aromatic heterocycles. The first-order valence-electron chi connectivity index (χ1n) is 8.68. The highest BCUT2D eigenvalue weighted by molar-refractivity contribution is 5.86. The molecule has 3 aromatic rings. The lowest BCUT2D eigenvalue weighted by Crippen LogP contribution is -2.25. The van der Waals surface area contributed by atoms with Gasteiger partial charge in [-0.2, -0.15) is 5.10 Å². The predicted molar refractivity (Wildman–Crippen MR) is 108 cm³/mol. The van der Waals surface area contributed by atoms with Crippen molar-refractivity contribution in [3.05, 3.63) is 96.1 Å². The van der Waals surface area contributed by atoms with Gasteiger partial charge in [0.25, 0.3) is 5.91 Å². The molecule has 5 nitrogen and oxygen atoms in total. The number of amides is 1. The van der Waals surface area contributed by atoms with Gasteiger partial charge in [-0.25, -0.2) is 5.43 Å². The molecule has 3 aromatic carbocycles. The van der Waals surface area contributed by atoms with Gasteiger partial charge in [-0.15, -0.1) is 0 Å². The predicted octanol–water partition coefficient (Wildman–Crippen LogP) is 3.83. The van der Waals surface area contributed by atoms with Gasteiger partial charge in [0.1, 0.15) is 12.4 Å². The van der Waals surface area contributed by atoms with Crippen LogP contribution in [0.1, 0.15) is 11.1 Å². The molecule has 0 saturated heterocycles. The number of carbonyl (C=O) groups is 1. The molecule has 0 spiro atoms. The van der Waals surface area contributed by atoms with Crippen LogP contribution in [0.25, 0.3) is 0 Å². The summed E-state index contributed by atoms with van der Waals surface area (Å²) in [6.45, 7) is 0.618. The summed E-state index contributed by atoms with van der Waals surface area (Å²) in [5.74, 6) is 0.486. The maximum atomic E-state index is 11.9. The molecule has 0 aliphatic heterocycles. The van der Waals surface area contributed by atoms with Crippen molar-refractivity contribution < 1.29 is 9.53 Å². The van der Waals surface area contributed by atoms with Crippen LogP contribution in [0.4, 0.5) is 5.69 Å². The summed E-state index contributed by atoms with van der Waals surface area (Å²) in [5.41, 5.74) is 5.28. The average molecular weight is 359 g/mol. The van der Waals surface area contributed by atoms with Gasteiger partial charge < -0.3 is 10.1 Å². The third-order valence-electron chi connectivity index (χ3n) is 3.78. The maximum absolute atomic E-state index is 11.9. The van der Waals surface area contributed by atoms with Crippen LogP contribution in [0, 0.1) is 0 Å². The van der Waals surface area contributed by atoms with Crippen LogP contribution in [-0.2, 0) is 11.4 Å². The molecule has 0 radical (unpaired) electrons. The van der Waals surface area contributed by atoms with E-state index in [0.717, 1.165) is 16.8 Å². The number of para-hydroxylation sites is 2. The van der Waals surface area contributed by atoms with E-state index in [0.29, 0.717) is 12.4 Å².